The number of aliphatic hydroxyl groups excluding tert-OH is 1. The van der Waals surface area contributed by atoms with Crippen molar-refractivity contribution in [2.24, 2.45) is 5.41 Å². The Labute approximate surface area is 122 Å². The average Bonchev–Trinajstić information content (AvgIpc) is 2.33. The van der Waals surface area contributed by atoms with Crippen molar-refractivity contribution in [3.63, 3.8) is 0 Å². The maximum absolute atomic E-state index is 12.6. The summed E-state index contributed by atoms with van der Waals surface area (Å²) in [4.78, 5) is 11.9. The van der Waals surface area contributed by atoms with Gasteiger partial charge in [-0.25, -0.2) is 0 Å². The summed E-state index contributed by atoms with van der Waals surface area (Å²) < 4.78 is 37.8. The minimum absolute atomic E-state index is 0.0299. The molecule has 0 aliphatic rings. The molecule has 0 aromatic heterocycles. The highest BCUT2D eigenvalue weighted by Crippen LogP contribution is 2.29. The zero-order valence-electron chi connectivity index (χ0n) is 12.3. The van der Waals surface area contributed by atoms with Crippen LogP contribution in [0.3, 0.4) is 0 Å². The van der Waals surface area contributed by atoms with Crippen LogP contribution >= 0.6 is 0 Å². The van der Waals surface area contributed by atoms with Gasteiger partial charge >= 0.3 is 6.18 Å². The second-order valence-corrected chi connectivity index (χ2v) is 5.98. The van der Waals surface area contributed by atoms with Gasteiger partial charge in [0.1, 0.15) is 0 Å². The van der Waals surface area contributed by atoms with Gasteiger partial charge in [-0.3, -0.25) is 4.79 Å². The zero-order chi connectivity index (χ0) is 16.3. The highest BCUT2D eigenvalue weighted by atomic mass is 19.4. The van der Waals surface area contributed by atoms with E-state index in [4.69, 9.17) is 0 Å². The molecule has 0 saturated carbocycles. The molecule has 0 bridgehead atoms. The standard InChI is InChI=1S/C15H20F3NO2/c1-10(20)8-14(2,3)9-19-13(21)11-5-4-6-12(7-11)15(16,17)18/h4-7,10,20H,8-9H2,1-3H3,(H,19,21). The molecule has 1 unspecified atom stereocenters. The van der Waals surface area contributed by atoms with Crippen molar-refractivity contribution in [3.05, 3.63) is 35.4 Å². The zero-order valence-corrected chi connectivity index (χ0v) is 12.3. The lowest BCUT2D eigenvalue weighted by Gasteiger charge is -2.26. The predicted molar refractivity (Wildman–Crippen MR) is 73.9 cm³/mol. The Morgan fingerprint density at radius 2 is 1.95 bits per heavy atom. The van der Waals surface area contributed by atoms with E-state index in [1.165, 1.54) is 12.1 Å². The number of hydrogen-bond donors (Lipinski definition) is 2. The summed E-state index contributed by atoms with van der Waals surface area (Å²) in [5.41, 5.74) is -1.22. The van der Waals surface area contributed by atoms with Gasteiger partial charge in [-0.15, -0.1) is 0 Å². The maximum atomic E-state index is 12.6. The summed E-state index contributed by atoms with van der Waals surface area (Å²) in [6.45, 7) is 5.65. The summed E-state index contributed by atoms with van der Waals surface area (Å²) in [6, 6.07) is 4.30. The van der Waals surface area contributed by atoms with E-state index in [9.17, 15) is 23.1 Å². The minimum atomic E-state index is -4.47. The molecule has 0 spiro atoms. The van der Waals surface area contributed by atoms with E-state index < -0.39 is 23.8 Å². The maximum Gasteiger partial charge on any atom is 0.416 e. The van der Waals surface area contributed by atoms with E-state index in [0.717, 1.165) is 12.1 Å². The van der Waals surface area contributed by atoms with Crippen molar-refractivity contribution in [1.82, 2.24) is 5.32 Å². The number of amides is 1. The van der Waals surface area contributed by atoms with Gasteiger partial charge in [0.15, 0.2) is 0 Å². The van der Waals surface area contributed by atoms with E-state index in [2.05, 4.69) is 5.32 Å². The lowest BCUT2D eigenvalue weighted by molar-refractivity contribution is -0.137. The van der Waals surface area contributed by atoms with Crippen molar-refractivity contribution in [1.29, 1.82) is 0 Å². The molecular formula is C15H20F3NO2. The molecule has 1 aromatic carbocycles. The Hall–Kier alpha value is -1.56. The Balaban J connectivity index is 2.73. The fourth-order valence-electron chi connectivity index (χ4n) is 2.13. The highest BCUT2D eigenvalue weighted by molar-refractivity contribution is 5.94. The van der Waals surface area contributed by atoms with E-state index >= 15 is 0 Å². The molecule has 1 amide bonds. The number of carbonyl (C=O) groups is 1. The van der Waals surface area contributed by atoms with Crippen LogP contribution in [0.25, 0.3) is 0 Å². The molecule has 0 aliphatic heterocycles. The topological polar surface area (TPSA) is 49.3 Å². The second kappa shape index (κ2) is 6.47. The Bertz CT molecular complexity index is 496. The largest absolute Gasteiger partial charge is 0.416 e. The molecule has 3 nitrogen and oxygen atoms in total. The number of aliphatic hydroxyl groups is 1. The van der Waals surface area contributed by atoms with Crippen molar-refractivity contribution in [3.8, 4) is 0 Å². The first kappa shape index (κ1) is 17.5. The van der Waals surface area contributed by atoms with Gasteiger partial charge in [0, 0.05) is 12.1 Å². The SMILES string of the molecule is CC(O)CC(C)(C)CNC(=O)c1cccc(C(F)(F)F)c1. The van der Waals surface area contributed by atoms with Crippen LogP contribution in [0.2, 0.25) is 0 Å². The summed E-state index contributed by atoms with van der Waals surface area (Å²) in [5.74, 6) is -0.556. The van der Waals surface area contributed by atoms with Crippen LogP contribution in [0.1, 0.15) is 43.1 Å². The van der Waals surface area contributed by atoms with Gasteiger partial charge in [0.2, 0.25) is 0 Å². The molecule has 1 rings (SSSR count). The van der Waals surface area contributed by atoms with Crippen LogP contribution in [0.5, 0.6) is 0 Å². The van der Waals surface area contributed by atoms with Crippen molar-refractivity contribution >= 4 is 5.91 Å². The van der Waals surface area contributed by atoms with Gasteiger partial charge < -0.3 is 10.4 Å². The van der Waals surface area contributed by atoms with E-state index in [-0.39, 0.29) is 17.5 Å². The molecule has 0 radical (unpaired) electrons. The van der Waals surface area contributed by atoms with Crippen molar-refractivity contribution in [2.45, 2.75) is 39.5 Å². The number of alkyl halides is 3. The van der Waals surface area contributed by atoms with Gasteiger partial charge in [-0.2, -0.15) is 13.2 Å². The Morgan fingerprint density at radius 1 is 1.33 bits per heavy atom. The van der Waals surface area contributed by atoms with Gasteiger partial charge in [0.25, 0.3) is 5.91 Å². The molecule has 0 aliphatic carbocycles. The first-order valence-corrected chi connectivity index (χ1v) is 6.65. The molecule has 0 heterocycles. The lowest BCUT2D eigenvalue weighted by Crippen LogP contribution is -2.35. The van der Waals surface area contributed by atoms with Crippen molar-refractivity contribution in [2.75, 3.05) is 6.54 Å². The lowest BCUT2D eigenvalue weighted by atomic mass is 9.87. The third kappa shape index (κ3) is 5.75. The number of nitrogens with one attached hydrogen (secondary N) is 1. The average molecular weight is 303 g/mol. The third-order valence-corrected chi connectivity index (χ3v) is 3.03. The fourth-order valence-corrected chi connectivity index (χ4v) is 2.13. The molecule has 1 atom stereocenters. The molecule has 1 aromatic rings. The Morgan fingerprint density at radius 3 is 2.48 bits per heavy atom. The smallest absolute Gasteiger partial charge is 0.393 e. The van der Waals surface area contributed by atoms with Crippen LogP contribution < -0.4 is 5.32 Å². The highest BCUT2D eigenvalue weighted by Gasteiger charge is 2.31. The summed E-state index contributed by atoms with van der Waals surface area (Å²) in [6.07, 6.45) is -4.50. The molecule has 2 N–H and O–H groups in total. The number of rotatable bonds is 5. The molecule has 6 heteroatoms. The van der Waals surface area contributed by atoms with Crippen LogP contribution in [0.15, 0.2) is 24.3 Å². The first-order chi connectivity index (χ1) is 9.51. The van der Waals surface area contributed by atoms with E-state index in [1.54, 1.807) is 6.92 Å². The fraction of sp³-hybridized carbons (Fsp3) is 0.533. The van der Waals surface area contributed by atoms with Gasteiger partial charge in [0.05, 0.1) is 11.7 Å². The number of halogens is 3. The monoisotopic (exact) mass is 303 g/mol. The van der Waals surface area contributed by atoms with E-state index in [1.807, 2.05) is 13.8 Å². The summed E-state index contributed by atoms with van der Waals surface area (Å²) in [7, 11) is 0. The van der Waals surface area contributed by atoms with E-state index in [0.29, 0.717) is 6.42 Å². The summed E-state index contributed by atoms with van der Waals surface area (Å²) >= 11 is 0. The Kier molecular flexibility index (Phi) is 5.39. The predicted octanol–water partition coefficient (Wildman–Crippen LogP) is 3.23. The number of hydrogen-bond acceptors (Lipinski definition) is 2. The normalized spacial score (nSPS) is 13.9. The summed E-state index contributed by atoms with van der Waals surface area (Å²) in [5, 5.41) is 12.0. The first-order valence-electron chi connectivity index (χ1n) is 6.65. The quantitative estimate of drug-likeness (QED) is 0.877. The van der Waals surface area contributed by atoms with Crippen molar-refractivity contribution < 1.29 is 23.1 Å². The molecular weight excluding hydrogens is 283 g/mol. The molecule has 0 saturated heterocycles. The van der Waals surface area contributed by atoms with Gasteiger partial charge in [-0.1, -0.05) is 19.9 Å². The third-order valence-electron chi connectivity index (χ3n) is 3.03. The molecule has 118 valence electrons. The van der Waals surface area contributed by atoms with Crippen LogP contribution in [-0.4, -0.2) is 23.7 Å². The molecule has 21 heavy (non-hydrogen) atoms. The molecule has 0 fully saturated rings. The van der Waals surface area contributed by atoms with Crippen LogP contribution in [0.4, 0.5) is 13.2 Å². The van der Waals surface area contributed by atoms with Gasteiger partial charge in [-0.05, 0) is 37.0 Å². The van der Waals surface area contributed by atoms with Crippen LogP contribution in [-0.2, 0) is 6.18 Å². The minimum Gasteiger partial charge on any atom is -0.393 e. The number of carbonyl (C=O) groups excluding carboxylic acids is 1. The number of benzene rings is 1. The van der Waals surface area contributed by atoms with Crippen LogP contribution in [0, 0.1) is 5.41 Å². The second-order valence-electron chi connectivity index (χ2n) is 5.98.